The van der Waals surface area contributed by atoms with E-state index in [-0.39, 0.29) is 40.3 Å². The average molecular weight is 512 g/mol. The van der Waals surface area contributed by atoms with Crippen LogP contribution in [0.4, 0.5) is 5.00 Å². The first kappa shape index (κ1) is 26.1. The van der Waals surface area contributed by atoms with Gasteiger partial charge >= 0.3 is 11.9 Å². The molecule has 0 aliphatic carbocycles. The summed E-state index contributed by atoms with van der Waals surface area (Å²) in [6, 6.07) is 0. The van der Waals surface area contributed by atoms with Gasteiger partial charge in [0.05, 0.1) is 44.3 Å². The van der Waals surface area contributed by atoms with Crippen LogP contribution in [0.2, 0.25) is 0 Å². The molecule has 0 radical (unpaired) electrons. The van der Waals surface area contributed by atoms with Crippen molar-refractivity contribution in [2.45, 2.75) is 32.5 Å². The van der Waals surface area contributed by atoms with E-state index in [1.807, 2.05) is 11.6 Å². The van der Waals surface area contributed by atoms with Crippen LogP contribution in [-0.4, -0.2) is 82.8 Å². The molecule has 0 spiro atoms. The maximum absolute atomic E-state index is 12.7. The molecular weight excluding hydrogens is 482 g/mol. The van der Waals surface area contributed by atoms with Gasteiger partial charge in [0, 0.05) is 20.1 Å². The van der Waals surface area contributed by atoms with Crippen LogP contribution in [0.15, 0.2) is 5.16 Å². The standard InChI is InChI=1S/C21H29N5O6S2/c1-5-31-19(28)16-13(3)17(20(29)32-6-2)34-18(16)22-15(27)12-33-21-24-23-14(25(21)4)11-26-7-9-30-10-8-26/h5-12H2,1-4H3,(H,22,27). The number of thiophene rings is 1. The highest BCUT2D eigenvalue weighted by atomic mass is 32.2. The number of anilines is 1. The van der Waals surface area contributed by atoms with Crippen LogP contribution in [0.25, 0.3) is 0 Å². The van der Waals surface area contributed by atoms with Gasteiger partial charge in [-0.05, 0) is 26.3 Å². The minimum absolute atomic E-state index is 0.0531. The van der Waals surface area contributed by atoms with Crippen molar-refractivity contribution in [1.82, 2.24) is 19.7 Å². The number of esters is 2. The summed E-state index contributed by atoms with van der Waals surface area (Å²) in [4.78, 5) is 40.0. The summed E-state index contributed by atoms with van der Waals surface area (Å²) < 4.78 is 17.4. The summed E-state index contributed by atoms with van der Waals surface area (Å²) in [5.74, 6) is -0.627. The summed E-state index contributed by atoms with van der Waals surface area (Å²) >= 11 is 2.24. The van der Waals surface area contributed by atoms with Gasteiger partial charge in [0.2, 0.25) is 5.91 Å². The number of nitrogens with zero attached hydrogens (tertiary/aromatic N) is 4. The molecule has 3 rings (SSSR count). The third kappa shape index (κ3) is 6.34. The normalized spacial score (nSPS) is 14.1. The lowest BCUT2D eigenvalue weighted by Gasteiger charge is -2.25. The van der Waals surface area contributed by atoms with Gasteiger partial charge in [0.1, 0.15) is 15.7 Å². The van der Waals surface area contributed by atoms with Crippen LogP contribution in [0, 0.1) is 6.92 Å². The average Bonchev–Trinajstić information content (AvgIpc) is 3.32. The van der Waals surface area contributed by atoms with Crippen molar-refractivity contribution in [3.63, 3.8) is 0 Å². The molecule has 13 heteroatoms. The quantitative estimate of drug-likeness (QED) is 0.374. The zero-order valence-corrected chi connectivity index (χ0v) is 21.3. The molecule has 11 nitrogen and oxygen atoms in total. The Bertz CT molecular complexity index is 1030. The topological polar surface area (TPSA) is 125 Å². The van der Waals surface area contributed by atoms with Gasteiger partial charge in [0.25, 0.3) is 0 Å². The number of hydrogen-bond donors (Lipinski definition) is 1. The fourth-order valence-electron chi connectivity index (χ4n) is 3.30. The fraction of sp³-hybridized carbons (Fsp3) is 0.571. The molecule has 34 heavy (non-hydrogen) atoms. The number of aromatic nitrogens is 3. The maximum atomic E-state index is 12.7. The van der Waals surface area contributed by atoms with Crippen molar-refractivity contribution in [3.05, 3.63) is 21.8 Å². The number of ether oxygens (including phenoxy) is 3. The van der Waals surface area contributed by atoms with Gasteiger partial charge in [-0.3, -0.25) is 9.69 Å². The van der Waals surface area contributed by atoms with Gasteiger partial charge < -0.3 is 24.1 Å². The van der Waals surface area contributed by atoms with Crippen LogP contribution in [0.5, 0.6) is 0 Å². The Balaban J connectivity index is 1.67. The number of amides is 1. The summed E-state index contributed by atoms with van der Waals surface area (Å²) in [6.07, 6.45) is 0. The predicted molar refractivity (Wildman–Crippen MR) is 127 cm³/mol. The lowest BCUT2D eigenvalue weighted by atomic mass is 10.1. The van der Waals surface area contributed by atoms with Gasteiger partial charge in [-0.1, -0.05) is 11.8 Å². The molecule has 186 valence electrons. The second-order valence-electron chi connectivity index (χ2n) is 7.38. The minimum Gasteiger partial charge on any atom is -0.462 e. The Kier molecular flexibility index (Phi) is 9.45. The zero-order valence-electron chi connectivity index (χ0n) is 19.7. The SMILES string of the molecule is CCOC(=O)c1sc(NC(=O)CSc2nnc(CN3CCOCC3)n2C)c(C(=O)OCC)c1C. The van der Waals surface area contributed by atoms with Crippen LogP contribution in [0.1, 0.15) is 45.3 Å². The largest absolute Gasteiger partial charge is 0.462 e. The first-order valence-electron chi connectivity index (χ1n) is 10.9. The predicted octanol–water partition coefficient (Wildman–Crippen LogP) is 2.10. The Labute approximate surface area is 206 Å². The number of thioether (sulfide) groups is 1. The van der Waals surface area contributed by atoms with E-state index < -0.39 is 11.9 Å². The van der Waals surface area contributed by atoms with Gasteiger partial charge in [-0.25, -0.2) is 9.59 Å². The van der Waals surface area contributed by atoms with Crippen LogP contribution >= 0.6 is 23.1 Å². The minimum atomic E-state index is -0.601. The van der Waals surface area contributed by atoms with E-state index in [0.717, 1.165) is 30.3 Å². The molecule has 2 aromatic heterocycles. The Morgan fingerprint density at radius 3 is 2.47 bits per heavy atom. The number of morpholine rings is 1. The zero-order chi connectivity index (χ0) is 24.7. The van der Waals surface area contributed by atoms with Crippen LogP contribution in [-0.2, 0) is 32.6 Å². The van der Waals surface area contributed by atoms with E-state index in [1.165, 1.54) is 11.8 Å². The molecule has 3 heterocycles. The molecule has 0 saturated carbocycles. The summed E-state index contributed by atoms with van der Waals surface area (Å²) in [5, 5.41) is 12.1. The van der Waals surface area contributed by atoms with Gasteiger partial charge in [0.15, 0.2) is 5.16 Å². The van der Waals surface area contributed by atoms with E-state index >= 15 is 0 Å². The molecule has 0 aromatic carbocycles. The van der Waals surface area contributed by atoms with E-state index in [1.54, 1.807) is 20.8 Å². The third-order valence-electron chi connectivity index (χ3n) is 5.07. The molecule has 2 aromatic rings. The monoisotopic (exact) mass is 511 g/mol. The van der Waals surface area contributed by atoms with Crippen LogP contribution in [0.3, 0.4) is 0 Å². The number of carbonyl (C=O) groups is 3. The fourth-order valence-corrected chi connectivity index (χ4v) is 5.14. The molecular formula is C21H29N5O6S2. The molecule has 1 saturated heterocycles. The first-order valence-corrected chi connectivity index (χ1v) is 12.7. The van der Waals surface area contributed by atoms with Crippen molar-refractivity contribution in [3.8, 4) is 0 Å². The smallest absolute Gasteiger partial charge is 0.348 e. The highest BCUT2D eigenvalue weighted by Crippen LogP contribution is 2.34. The first-order chi connectivity index (χ1) is 16.3. The molecule has 1 fully saturated rings. The summed E-state index contributed by atoms with van der Waals surface area (Å²) in [6.45, 7) is 9.15. The summed E-state index contributed by atoms with van der Waals surface area (Å²) in [7, 11) is 1.86. The van der Waals surface area contributed by atoms with E-state index in [4.69, 9.17) is 14.2 Å². The van der Waals surface area contributed by atoms with Crippen LogP contribution < -0.4 is 5.32 Å². The maximum Gasteiger partial charge on any atom is 0.348 e. The van der Waals surface area contributed by atoms with Crippen molar-refractivity contribution >= 4 is 45.9 Å². The Morgan fingerprint density at radius 2 is 1.79 bits per heavy atom. The van der Waals surface area contributed by atoms with E-state index in [0.29, 0.717) is 30.5 Å². The number of nitrogens with one attached hydrogen (secondary N) is 1. The molecule has 1 aliphatic rings. The second-order valence-corrected chi connectivity index (χ2v) is 9.35. The van der Waals surface area contributed by atoms with E-state index in [9.17, 15) is 14.4 Å². The lowest BCUT2D eigenvalue weighted by Crippen LogP contribution is -2.36. The highest BCUT2D eigenvalue weighted by Gasteiger charge is 2.27. The second kappa shape index (κ2) is 12.3. The molecule has 0 unspecified atom stereocenters. The number of rotatable bonds is 10. The molecule has 1 aliphatic heterocycles. The van der Waals surface area contributed by atoms with Crippen molar-refractivity contribution < 1.29 is 28.6 Å². The molecule has 0 bridgehead atoms. The highest BCUT2D eigenvalue weighted by molar-refractivity contribution is 7.99. The third-order valence-corrected chi connectivity index (χ3v) is 7.27. The van der Waals surface area contributed by atoms with Gasteiger partial charge in [-0.15, -0.1) is 21.5 Å². The molecule has 1 N–H and O–H groups in total. The Morgan fingerprint density at radius 1 is 1.12 bits per heavy atom. The number of carbonyl (C=O) groups excluding carboxylic acids is 3. The lowest BCUT2D eigenvalue weighted by molar-refractivity contribution is -0.113. The van der Waals surface area contributed by atoms with Crippen molar-refractivity contribution in [2.75, 3.05) is 50.6 Å². The summed E-state index contributed by atoms with van der Waals surface area (Å²) in [5.41, 5.74) is 0.589. The van der Waals surface area contributed by atoms with E-state index in [2.05, 4.69) is 20.4 Å². The molecule has 1 amide bonds. The number of hydrogen-bond acceptors (Lipinski definition) is 11. The molecule has 0 atom stereocenters. The Hall–Kier alpha value is -2.48. The van der Waals surface area contributed by atoms with Gasteiger partial charge in [-0.2, -0.15) is 0 Å². The van der Waals surface area contributed by atoms with Crippen molar-refractivity contribution in [1.29, 1.82) is 0 Å². The van der Waals surface area contributed by atoms with Crippen molar-refractivity contribution in [2.24, 2.45) is 7.05 Å².